The fourth-order valence-corrected chi connectivity index (χ4v) is 4.46. The van der Waals surface area contributed by atoms with Gasteiger partial charge in [-0.1, -0.05) is 35.6 Å². The minimum atomic E-state index is -0.128. The van der Waals surface area contributed by atoms with Crippen molar-refractivity contribution in [3.63, 3.8) is 0 Å². The van der Waals surface area contributed by atoms with Gasteiger partial charge in [0.1, 0.15) is 5.01 Å². The highest BCUT2D eigenvalue weighted by Gasteiger charge is 2.27. The van der Waals surface area contributed by atoms with E-state index in [-0.39, 0.29) is 4.87 Å². The van der Waals surface area contributed by atoms with Gasteiger partial charge in [0.2, 0.25) is 0 Å². The van der Waals surface area contributed by atoms with Crippen LogP contribution < -0.4 is 4.87 Å². The lowest BCUT2D eigenvalue weighted by molar-refractivity contribution is 0.245. The van der Waals surface area contributed by atoms with Gasteiger partial charge in [0.25, 0.3) is 0 Å². The fraction of sp³-hybridized carbons (Fsp3) is 0.238. The van der Waals surface area contributed by atoms with E-state index in [9.17, 15) is 4.79 Å². The van der Waals surface area contributed by atoms with Crippen molar-refractivity contribution >= 4 is 22.4 Å². The van der Waals surface area contributed by atoms with Crippen LogP contribution >= 0.6 is 11.3 Å². The summed E-state index contributed by atoms with van der Waals surface area (Å²) in [6.45, 7) is 1.94. The van der Waals surface area contributed by atoms with Crippen LogP contribution in [0.1, 0.15) is 30.1 Å². The molecule has 1 aliphatic heterocycles. The molecule has 0 amide bonds. The first kappa shape index (κ1) is 17.2. The van der Waals surface area contributed by atoms with Crippen molar-refractivity contribution in [3.8, 4) is 10.6 Å². The van der Waals surface area contributed by atoms with Crippen LogP contribution in [0, 0.1) is 0 Å². The molecule has 0 bridgehead atoms. The molecule has 4 heterocycles. The van der Waals surface area contributed by atoms with Gasteiger partial charge < -0.3 is 0 Å². The van der Waals surface area contributed by atoms with E-state index in [1.807, 2.05) is 24.3 Å². The summed E-state index contributed by atoms with van der Waals surface area (Å²) in [5.41, 5.74) is 4.13. The van der Waals surface area contributed by atoms with Gasteiger partial charge in [-0.15, -0.1) is 0 Å². The third-order valence-corrected chi connectivity index (χ3v) is 6.01. The highest BCUT2D eigenvalue weighted by atomic mass is 32.1. The van der Waals surface area contributed by atoms with E-state index < -0.39 is 0 Å². The van der Waals surface area contributed by atoms with Crippen LogP contribution in [0.25, 0.3) is 21.6 Å². The lowest BCUT2D eigenvalue weighted by atomic mass is 10.1. The number of hydrogen-bond donors (Lipinski definition) is 1. The number of fused-ring (bicyclic) bond motifs is 1. The van der Waals surface area contributed by atoms with Crippen molar-refractivity contribution in [2.24, 2.45) is 0 Å². The topological polar surface area (TPSA) is 74.8 Å². The zero-order valence-electron chi connectivity index (χ0n) is 15.2. The van der Waals surface area contributed by atoms with Crippen molar-refractivity contribution in [2.45, 2.75) is 25.4 Å². The summed E-state index contributed by atoms with van der Waals surface area (Å²) in [4.78, 5) is 22.9. The van der Waals surface area contributed by atoms with Gasteiger partial charge in [-0.25, -0.2) is 15.1 Å². The predicted octanol–water partition coefficient (Wildman–Crippen LogP) is 3.78. The first-order valence-corrected chi connectivity index (χ1v) is 10.2. The van der Waals surface area contributed by atoms with Crippen molar-refractivity contribution in [1.29, 1.82) is 0 Å². The number of likely N-dealkylation sites (tertiary alicyclic amines) is 1. The second-order valence-electron chi connectivity index (χ2n) is 7.03. The molecular weight excluding hydrogens is 370 g/mol. The summed E-state index contributed by atoms with van der Waals surface area (Å²) < 4.78 is 0. The van der Waals surface area contributed by atoms with E-state index in [0.29, 0.717) is 6.04 Å². The molecule has 0 saturated carbocycles. The maximum atomic E-state index is 11.3. The second-order valence-corrected chi connectivity index (χ2v) is 7.99. The van der Waals surface area contributed by atoms with E-state index in [1.165, 1.54) is 12.0 Å². The molecule has 0 spiro atoms. The SMILES string of the molecule is O=c1[nH]nc(-c2ccc(CN3CCCC3c3ccc4cccnc4n3)cc2)s1. The summed E-state index contributed by atoms with van der Waals surface area (Å²) in [5.74, 6) is 0. The Hall–Kier alpha value is -2.90. The molecule has 7 heteroatoms. The van der Waals surface area contributed by atoms with E-state index >= 15 is 0 Å². The standard InChI is InChI=1S/C21H19N5OS/c27-21-25-24-20(28-21)16-7-5-14(6-8-16)13-26-12-2-4-18(26)17-10-9-15-3-1-11-22-19(15)23-17/h1,3,5-11,18H,2,4,12-13H2,(H,25,27). The van der Waals surface area contributed by atoms with E-state index in [1.54, 1.807) is 6.20 Å². The molecule has 1 saturated heterocycles. The van der Waals surface area contributed by atoms with E-state index in [2.05, 4.69) is 44.3 Å². The number of hydrogen-bond acceptors (Lipinski definition) is 6. The average Bonchev–Trinajstić information content (AvgIpc) is 3.37. The molecule has 1 fully saturated rings. The fourth-order valence-electron chi connectivity index (χ4n) is 3.84. The molecule has 6 nitrogen and oxygen atoms in total. The van der Waals surface area contributed by atoms with Gasteiger partial charge in [-0.05, 0) is 49.2 Å². The number of pyridine rings is 2. The summed E-state index contributed by atoms with van der Waals surface area (Å²) in [5, 5.41) is 8.32. The maximum absolute atomic E-state index is 11.3. The Morgan fingerprint density at radius 2 is 2.04 bits per heavy atom. The van der Waals surface area contributed by atoms with Gasteiger partial charge >= 0.3 is 4.87 Å². The Balaban J connectivity index is 1.36. The predicted molar refractivity (Wildman–Crippen MR) is 110 cm³/mol. The number of benzene rings is 1. The van der Waals surface area contributed by atoms with Crippen molar-refractivity contribution in [2.75, 3.05) is 6.54 Å². The van der Waals surface area contributed by atoms with Gasteiger partial charge in [-0.3, -0.25) is 9.69 Å². The maximum Gasteiger partial charge on any atom is 0.322 e. The summed E-state index contributed by atoms with van der Waals surface area (Å²) in [7, 11) is 0. The Labute approximate surface area is 165 Å². The third kappa shape index (κ3) is 3.34. The lowest BCUT2D eigenvalue weighted by Gasteiger charge is -2.24. The molecule has 0 radical (unpaired) electrons. The minimum Gasteiger partial charge on any atom is -0.291 e. The van der Waals surface area contributed by atoms with E-state index in [0.717, 1.165) is 58.1 Å². The van der Waals surface area contributed by atoms with Crippen LogP contribution in [0.5, 0.6) is 0 Å². The average molecular weight is 389 g/mol. The van der Waals surface area contributed by atoms with Crippen molar-refractivity contribution < 1.29 is 0 Å². The smallest absolute Gasteiger partial charge is 0.291 e. The first-order valence-electron chi connectivity index (χ1n) is 9.37. The Kier molecular flexibility index (Phi) is 4.46. The Morgan fingerprint density at radius 3 is 2.86 bits per heavy atom. The quantitative estimate of drug-likeness (QED) is 0.575. The summed E-state index contributed by atoms with van der Waals surface area (Å²) in [6, 6.07) is 16.9. The second kappa shape index (κ2) is 7.26. The van der Waals surface area contributed by atoms with Gasteiger partial charge in [0.15, 0.2) is 5.65 Å². The van der Waals surface area contributed by atoms with Gasteiger partial charge in [0.05, 0.1) is 11.7 Å². The zero-order chi connectivity index (χ0) is 18.9. The van der Waals surface area contributed by atoms with Crippen LogP contribution in [0.15, 0.2) is 59.5 Å². The lowest BCUT2D eigenvalue weighted by Crippen LogP contribution is -2.23. The van der Waals surface area contributed by atoms with Gasteiger partial charge in [-0.2, -0.15) is 5.10 Å². The number of aromatic amines is 1. The molecule has 1 atom stereocenters. The minimum absolute atomic E-state index is 0.128. The van der Waals surface area contributed by atoms with Crippen molar-refractivity contribution in [1.82, 2.24) is 25.1 Å². The zero-order valence-corrected chi connectivity index (χ0v) is 16.0. The first-order chi connectivity index (χ1) is 13.8. The molecule has 140 valence electrons. The number of nitrogens with one attached hydrogen (secondary N) is 1. The number of aromatic nitrogens is 4. The Bertz CT molecular complexity index is 1170. The highest BCUT2D eigenvalue weighted by Crippen LogP contribution is 2.33. The summed E-state index contributed by atoms with van der Waals surface area (Å²) >= 11 is 1.13. The van der Waals surface area contributed by atoms with Crippen LogP contribution in [0.2, 0.25) is 0 Å². The highest BCUT2D eigenvalue weighted by molar-refractivity contribution is 7.12. The normalized spacial score (nSPS) is 17.4. The molecular formula is C21H19N5OS. The molecule has 0 aliphatic carbocycles. The largest absolute Gasteiger partial charge is 0.322 e. The molecule has 1 unspecified atom stereocenters. The monoisotopic (exact) mass is 389 g/mol. The molecule has 5 rings (SSSR count). The molecule has 1 N–H and O–H groups in total. The molecule has 1 aromatic carbocycles. The Morgan fingerprint density at radius 1 is 1.14 bits per heavy atom. The summed E-state index contributed by atoms with van der Waals surface area (Å²) in [6.07, 6.45) is 4.08. The molecule has 3 aromatic heterocycles. The number of nitrogens with zero attached hydrogens (tertiary/aromatic N) is 4. The van der Waals surface area contributed by atoms with Crippen LogP contribution in [-0.4, -0.2) is 31.6 Å². The molecule has 4 aromatic rings. The van der Waals surface area contributed by atoms with Crippen LogP contribution in [0.3, 0.4) is 0 Å². The molecule has 28 heavy (non-hydrogen) atoms. The van der Waals surface area contributed by atoms with Gasteiger partial charge in [0, 0.05) is 23.7 Å². The van der Waals surface area contributed by atoms with Crippen LogP contribution in [0.4, 0.5) is 0 Å². The third-order valence-electron chi connectivity index (χ3n) is 5.22. The molecule has 1 aliphatic rings. The van der Waals surface area contributed by atoms with Crippen molar-refractivity contribution in [3.05, 3.63) is 75.7 Å². The number of H-pyrrole nitrogens is 1. The number of rotatable bonds is 4. The van der Waals surface area contributed by atoms with E-state index in [4.69, 9.17) is 4.98 Å². The van der Waals surface area contributed by atoms with Crippen LogP contribution in [-0.2, 0) is 6.54 Å².